The van der Waals surface area contributed by atoms with Gasteiger partial charge in [0.1, 0.15) is 6.54 Å². The summed E-state index contributed by atoms with van der Waals surface area (Å²) in [5.41, 5.74) is 1.15. The Morgan fingerprint density at radius 3 is 2.24 bits per heavy atom. The Labute approximate surface area is 209 Å². The molecule has 33 heavy (non-hydrogen) atoms. The third-order valence-electron chi connectivity index (χ3n) is 4.69. The monoisotopic (exact) mass is 522 g/mol. The maximum Gasteiger partial charge on any atom is 0.264 e. The average molecular weight is 524 g/mol. The minimum absolute atomic E-state index is 0.0799. The molecule has 174 valence electrons. The summed E-state index contributed by atoms with van der Waals surface area (Å²) in [4.78, 5) is 13.9. The number of nitrogens with zero attached hydrogens (tertiary/aromatic N) is 1. The third-order valence-corrected chi connectivity index (χ3v) is 8.01. The lowest BCUT2D eigenvalue weighted by Crippen LogP contribution is -2.41. The zero-order chi connectivity index (χ0) is 23.8. The minimum Gasteiger partial charge on any atom is -0.354 e. The molecular weight excluding hydrogens is 499 g/mol. The molecule has 3 aromatic carbocycles. The second kappa shape index (κ2) is 11.8. The molecule has 3 aromatic rings. The molecule has 1 amide bonds. The largest absolute Gasteiger partial charge is 0.354 e. The first-order valence-corrected chi connectivity index (χ1v) is 13.4. The third kappa shape index (κ3) is 7.40. The van der Waals surface area contributed by atoms with Crippen molar-refractivity contribution in [3.05, 3.63) is 88.4 Å². The van der Waals surface area contributed by atoms with E-state index in [1.807, 2.05) is 37.3 Å². The number of halogens is 2. The maximum absolute atomic E-state index is 13.4. The summed E-state index contributed by atoms with van der Waals surface area (Å²) in [5.74, 6) is 0.422. The molecule has 0 bridgehead atoms. The van der Waals surface area contributed by atoms with Gasteiger partial charge in [-0.25, -0.2) is 8.42 Å². The Morgan fingerprint density at radius 1 is 0.970 bits per heavy atom. The minimum atomic E-state index is -4.02. The Balaban J connectivity index is 1.70. The van der Waals surface area contributed by atoms with Gasteiger partial charge in [0, 0.05) is 21.5 Å². The molecule has 0 radical (unpaired) electrons. The average Bonchev–Trinajstić information content (AvgIpc) is 2.77. The molecule has 0 aliphatic rings. The number of carbonyl (C=O) groups excluding carboxylic acids is 1. The Bertz CT molecular complexity index is 1170. The first-order chi connectivity index (χ1) is 15.8. The molecule has 0 saturated carbocycles. The molecule has 0 atom stereocenters. The second-order valence-corrected chi connectivity index (χ2v) is 11.2. The van der Waals surface area contributed by atoms with E-state index in [4.69, 9.17) is 23.2 Å². The highest BCUT2D eigenvalue weighted by molar-refractivity contribution is 7.99. The van der Waals surface area contributed by atoms with E-state index in [2.05, 4.69) is 5.32 Å². The number of nitrogens with one attached hydrogen (secondary N) is 1. The number of anilines is 1. The smallest absolute Gasteiger partial charge is 0.264 e. The molecule has 3 rings (SSSR count). The molecule has 1 N–H and O–H groups in total. The first-order valence-electron chi connectivity index (χ1n) is 10.3. The van der Waals surface area contributed by atoms with E-state index in [-0.39, 0.29) is 20.6 Å². The van der Waals surface area contributed by atoms with Crippen LogP contribution in [0.3, 0.4) is 0 Å². The normalized spacial score (nSPS) is 11.2. The van der Waals surface area contributed by atoms with Crippen molar-refractivity contribution in [3.8, 4) is 0 Å². The van der Waals surface area contributed by atoms with Crippen molar-refractivity contribution in [2.45, 2.75) is 23.1 Å². The summed E-state index contributed by atoms with van der Waals surface area (Å²) < 4.78 is 27.8. The van der Waals surface area contributed by atoms with Gasteiger partial charge >= 0.3 is 0 Å². The van der Waals surface area contributed by atoms with Crippen LogP contribution in [0.5, 0.6) is 0 Å². The van der Waals surface area contributed by atoms with Crippen LogP contribution in [0.4, 0.5) is 5.69 Å². The molecule has 5 nitrogen and oxygen atoms in total. The number of carbonyl (C=O) groups is 1. The molecule has 0 fully saturated rings. The van der Waals surface area contributed by atoms with E-state index in [0.717, 1.165) is 26.9 Å². The van der Waals surface area contributed by atoms with Gasteiger partial charge in [-0.15, -0.1) is 11.8 Å². The van der Waals surface area contributed by atoms with E-state index >= 15 is 0 Å². The molecule has 0 saturated heterocycles. The van der Waals surface area contributed by atoms with Crippen LogP contribution < -0.4 is 9.62 Å². The van der Waals surface area contributed by atoms with E-state index < -0.39 is 22.5 Å². The van der Waals surface area contributed by atoms with E-state index in [0.29, 0.717) is 6.54 Å². The second-order valence-electron chi connectivity index (χ2n) is 7.32. The summed E-state index contributed by atoms with van der Waals surface area (Å²) in [5, 5.41) is 3.36. The van der Waals surface area contributed by atoms with Crippen LogP contribution in [0.1, 0.15) is 12.0 Å². The highest BCUT2D eigenvalue weighted by Gasteiger charge is 2.27. The van der Waals surface area contributed by atoms with E-state index in [1.54, 1.807) is 23.9 Å². The number of rotatable bonds is 10. The zero-order valence-corrected chi connectivity index (χ0v) is 21.1. The van der Waals surface area contributed by atoms with Gasteiger partial charge in [-0.2, -0.15) is 0 Å². The summed E-state index contributed by atoms with van der Waals surface area (Å²) in [7, 11) is -4.02. The molecule has 0 aliphatic carbocycles. The van der Waals surface area contributed by atoms with Crippen LogP contribution in [0.2, 0.25) is 10.0 Å². The summed E-state index contributed by atoms with van der Waals surface area (Å²) in [6.45, 7) is 1.92. The van der Waals surface area contributed by atoms with Gasteiger partial charge in [0.15, 0.2) is 0 Å². The van der Waals surface area contributed by atoms with E-state index in [1.165, 1.54) is 30.3 Å². The van der Waals surface area contributed by atoms with Crippen LogP contribution in [0.25, 0.3) is 0 Å². The lowest BCUT2D eigenvalue weighted by Gasteiger charge is -2.24. The topological polar surface area (TPSA) is 66.5 Å². The lowest BCUT2D eigenvalue weighted by molar-refractivity contribution is -0.119. The molecule has 0 heterocycles. The van der Waals surface area contributed by atoms with Crippen molar-refractivity contribution in [1.29, 1.82) is 0 Å². The fraction of sp³-hybridized carbons (Fsp3) is 0.208. The Morgan fingerprint density at radius 2 is 1.61 bits per heavy atom. The van der Waals surface area contributed by atoms with E-state index in [9.17, 15) is 13.2 Å². The molecule has 0 unspecified atom stereocenters. The van der Waals surface area contributed by atoms with Crippen molar-refractivity contribution in [3.63, 3.8) is 0 Å². The lowest BCUT2D eigenvalue weighted by atomic mass is 10.2. The molecule has 0 aromatic heterocycles. The number of thioether (sulfide) groups is 1. The fourth-order valence-corrected chi connectivity index (χ4v) is 5.82. The quantitative estimate of drug-likeness (QED) is 0.270. The predicted octanol–water partition coefficient (Wildman–Crippen LogP) is 5.80. The van der Waals surface area contributed by atoms with Gasteiger partial charge in [-0.3, -0.25) is 9.10 Å². The Hall–Kier alpha value is -2.19. The van der Waals surface area contributed by atoms with Crippen molar-refractivity contribution < 1.29 is 13.2 Å². The van der Waals surface area contributed by atoms with Gasteiger partial charge in [0.2, 0.25) is 5.91 Å². The molecular formula is C24H24Cl2N2O3S2. The summed E-state index contributed by atoms with van der Waals surface area (Å²) in [6, 6.07) is 20.9. The highest BCUT2D eigenvalue weighted by atomic mass is 35.5. The number of sulfonamides is 1. The van der Waals surface area contributed by atoms with Gasteiger partial charge in [0.05, 0.1) is 10.6 Å². The SMILES string of the molecule is Cc1ccc(S(=O)(=O)N(CC(=O)NCCCSc2ccccc2)c2cc(Cl)cc(Cl)c2)cc1. The summed E-state index contributed by atoms with van der Waals surface area (Å²) in [6.07, 6.45) is 0.749. The van der Waals surface area contributed by atoms with Crippen molar-refractivity contribution in [1.82, 2.24) is 5.32 Å². The fourth-order valence-electron chi connectivity index (χ4n) is 3.03. The Kier molecular flexibility index (Phi) is 9.09. The number of benzene rings is 3. The van der Waals surface area contributed by atoms with Crippen LogP contribution >= 0.6 is 35.0 Å². The maximum atomic E-state index is 13.4. The standard InChI is InChI=1S/C24H24Cl2N2O3S2/c1-18-8-10-23(11-9-18)33(30,31)28(21-15-19(25)14-20(26)16-21)17-24(29)27-12-5-13-32-22-6-3-2-4-7-22/h2-4,6-11,14-16H,5,12-13,17H2,1H3,(H,27,29). The van der Waals surface area contributed by atoms with Crippen molar-refractivity contribution in [2.24, 2.45) is 0 Å². The predicted molar refractivity (Wildman–Crippen MR) is 137 cm³/mol. The van der Waals surface area contributed by atoms with Gasteiger partial charge in [-0.05, 0) is 61.6 Å². The number of hydrogen-bond acceptors (Lipinski definition) is 4. The molecule has 0 spiro atoms. The van der Waals surface area contributed by atoms with Crippen molar-refractivity contribution >= 4 is 56.6 Å². The van der Waals surface area contributed by atoms with Crippen LogP contribution in [0.15, 0.2) is 82.6 Å². The van der Waals surface area contributed by atoms with Crippen LogP contribution in [-0.2, 0) is 14.8 Å². The van der Waals surface area contributed by atoms with Crippen molar-refractivity contribution in [2.75, 3.05) is 23.1 Å². The molecule has 9 heteroatoms. The van der Waals surface area contributed by atoms with Gasteiger partial charge in [-0.1, -0.05) is 59.1 Å². The zero-order valence-electron chi connectivity index (χ0n) is 18.0. The highest BCUT2D eigenvalue weighted by Crippen LogP contribution is 2.29. The number of aryl methyl sites for hydroxylation is 1. The first kappa shape index (κ1) is 25.4. The number of amides is 1. The van der Waals surface area contributed by atoms with Crippen LogP contribution in [-0.4, -0.2) is 33.2 Å². The summed E-state index contributed by atoms with van der Waals surface area (Å²) >= 11 is 13.9. The van der Waals surface area contributed by atoms with Gasteiger partial charge in [0.25, 0.3) is 10.0 Å². The van der Waals surface area contributed by atoms with Crippen LogP contribution in [0, 0.1) is 6.92 Å². The van der Waals surface area contributed by atoms with Gasteiger partial charge < -0.3 is 5.32 Å². The number of hydrogen-bond donors (Lipinski definition) is 1. The molecule has 0 aliphatic heterocycles.